The van der Waals surface area contributed by atoms with E-state index in [0.717, 1.165) is 19.1 Å². The van der Waals surface area contributed by atoms with E-state index >= 15 is 0 Å². The fourth-order valence-corrected chi connectivity index (χ4v) is 6.23. The minimum Gasteiger partial charge on any atom is -0.508 e. The second-order valence-corrected chi connectivity index (χ2v) is 13.4. The zero-order valence-corrected chi connectivity index (χ0v) is 28.9. The number of phenolic OH excluding ortho intramolecular Hbond substituents is 3. The van der Waals surface area contributed by atoms with E-state index in [-0.39, 0.29) is 40.2 Å². The van der Waals surface area contributed by atoms with Crippen LogP contribution in [0.25, 0.3) is 22.3 Å². The molecule has 7 N–H and O–H groups in total. The number of hydrogen-bond donors (Lipinski definition) is 7. The van der Waals surface area contributed by atoms with Crippen LogP contribution >= 0.6 is 0 Å². The third-order valence-corrected chi connectivity index (χ3v) is 8.57. The summed E-state index contributed by atoms with van der Waals surface area (Å²) in [6.45, 7) is 6.62. The molecule has 0 unspecified atom stereocenters. The lowest BCUT2D eigenvalue weighted by atomic mass is 9.95. The molecule has 3 heterocycles. The maximum atomic E-state index is 13.9. The smallest absolute Gasteiger partial charge is 0.302 e. The number of fused-ring (bicyclic) bond motifs is 1. The van der Waals surface area contributed by atoms with Crippen LogP contribution in [-0.2, 0) is 33.3 Å². The topological polar surface area (TPSA) is 261 Å². The van der Waals surface area contributed by atoms with Crippen LogP contribution in [0.2, 0.25) is 0 Å². The average Bonchev–Trinajstić information content (AvgIpc) is 3.04. The molecule has 2 aliphatic heterocycles. The Hall–Kier alpha value is -4.33. The van der Waals surface area contributed by atoms with E-state index in [1.165, 1.54) is 38.1 Å². The van der Waals surface area contributed by atoms with E-state index in [1.807, 2.05) is 0 Å². The summed E-state index contributed by atoms with van der Waals surface area (Å²) in [5.41, 5.74) is -2.14. The number of phenols is 3. The summed E-state index contributed by atoms with van der Waals surface area (Å²) in [4.78, 5) is 37.5. The van der Waals surface area contributed by atoms with E-state index in [1.54, 1.807) is 13.8 Å². The van der Waals surface area contributed by atoms with Gasteiger partial charge in [0, 0.05) is 31.0 Å². The minimum atomic E-state index is -1.84. The molecule has 2 fully saturated rings. The molecule has 5 rings (SSSR count). The maximum Gasteiger partial charge on any atom is 0.302 e. The molecular formula is C35H42O17. The van der Waals surface area contributed by atoms with Crippen LogP contribution in [0.5, 0.6) is 23.0 Å². The van der Waals surface area contributed by atoms with Crippen LogP contribution in [0, 0.1) is 0 Å². The molecular weight excluding hydrogens is 692 g/mol. The highest BCUT2D eigenvalue weighted by Crippen LogP contribution is 2.39. The van der Waals surface area contributed by atoms with E-state index in [4.69, 9.17) is 32.8 Å². The molecule has 0 saturated carbocycles. The number of hydrogen-bond acceptors (Lipinski definition) is 17. The Kier molecular flexibility index (Phi) is 11.5. The standard InChI is InChI=1S/C35H42O17/c1-14(36)12-35(4,5)52-32-28(45)34(47-15(2)29(32)50-33-27(44)26(43)24(41)22(49-33)13-46-16(3)37)51-31-25(42)23-20(40)10-19(39)11-21(23)48-30(31)17-6-8-18(38)9-7-17/h6-11,15,22,24,26-29,32-34,38-41,43-45H,12-13H2,1-5H3/t15-,22+,24+,26-,27+,28+,29-,32-,33-,34-/m0/s1. The number of carbonyl (C=O) groups is 2. The van der Waals surface area contributed by atoms with Gasteiger partial charge in [-0.1, -0.05) is 0 Å². The summed E-state index contributed by atoms with van der Waals surface area (Å²) in [5.74, 6) is -2.83. The number of carbonyl (C=O) groups excluding carboxylic acids is 2. The van der Waals surface area contributed by atoms with Gasteiger partial charge in [-0.15, -0.1) is 0 Å². The van der Waals surface area contributed by atoms with E-state index in [2.05, 4.69) is 0 Å². The van der Waals surface area contributed by atoms with Gasteiger partial charge in [-0.25, -0.2) is 0 Å². The van der Waals surface area contributed by atoms with Gasteiger partial charge in [0.15, 0.2) is 12.1 Å². The summed E-state index contributed by atoms with van der Waals surface area (Å²) in [7, 11) is 0. The lowest BCUT2D eigenvalue weighted by molar-refractivity contribution is -0.358. The van der Waals surface area contributed by atoms with Gasteiger partial charge in [-0.3, -0.25) is 14.4 Å². The van der Waals surface area contributed by atoms with Crippen LogP contribution in [-0.4, -0.2) is 121 Å². The molecule has 0 bridgehead atoms. The second-order valence-electron chi connectivity index (χ2n) is 13.4. The molecule has 0 aliphatic carbocycles. The predicted octanol–water partition coefficient (Wildman–Crippen LogP) is 0.960. The second kappa shape index (κ2) is 15.3. The van der Waals surface area contributed by atoms with Crippen LogP contribution in [0.3, 0.4) is 0 Å². The third kappa shape index (κ3) is 8.32. The van der Waals surface area contributed by atoms with E-state index < -0.39 is 102 Å². The van der Waals surface area contributed by atoms with Crippen molar-refractivity contribution in [3.63, 3.8) is 0 Å². The van der Waals surface area contributed by atoms with Crippen molar-refractivity contribution >= 4 is 22.7 Å². The minimum absolute atomic E-state index is 0.101. The Labute approximate surface area is 296 Å². The van der Waals surface area contributed by atoms with Crippen molar-refractivity contribution in [3.05, 3.63) is 46.6 Å². The molecule has 17 nitrogen and oxygen atoms in total. The largest absolute Gasteiger partial charge is 0.508 e. The monoisotopic (exact) mass is 734 g/mol. The van der Waals surface area contributed by atoms with Crippen LogP contribution in [0.1, 0.15) is 41.0 Å². The summed E-state index contributed by atoms with van der Waals surface area (Å²) in [6, 6.07) is 7.48. The molecule has 17 heteroatoms. The molecule has 0 radical (unpaired) electrons. The number of ketones is 1. The van der Waals surface area contributed by atoms with Crippen molar-refractivity contribution in [2.45, 2.75) is 108 Å². The molecule has 0 spiro atoms. The zero-order valence-electron chi connectivity index (χ0n) is 28.9. The number of aliphatic hydroxyl groups is 4. The number of rotatable bonds is 11. The first-order chi connectivity index (χ1) is 24.4. The normalized spacial score (nSPS) is 29.5. The molecule has 3 aromatic rings. The average molecular weight is 735 g/mol. The van der Waals surface area contributed by atoms with Gasteiger partial charge in [0.1, 0.15) is 83.3 Å². The van der Waals surface area contributed by atoms with Crippen molar-refractivity contribution in [1.82, 2.24) is 0 Å². The highest BCUT2D eigenvalue weighted by molar-refractivity contribution is 5.88. The molecule has 1 aromatic heterocycles. The van der Waals surface area contributed by atoms with Crippen molar-refractivity contribution in [1.29, 1.82) is 0 Å². The van der Waals surface area contributed by atoms with Gasteiger partial charge < -0.3 is 68.6 Å². The van der Waals surface area contributed by atoms with E-state index in [0.29, 0.717) is 0 Å². The van der Waals surface area contributed by atoms with Gasteiger partial charge >= 0.3 is 5.97 Å². The van der Waals surface area contributed by atoms with Gasteiger partial charge in [0.25, 0.3) is 0 Å². The van der Waals surface area contributed by atoms with Crippen molar-refractivity contribution in [3.8, 4) is 34.3 Å². The third-order valence-electron chi connectivity index (χ3n) is 8.57. The molecule has 0 amide bonds. The molecule has 2 aromatic carbocycles. The number of benzene rings is 2. The fourth-order valence-electron chi connectivity index (χ4n) is 6.23. The predicted molar refractivity (Wildman–Crippen MR) is 176 cm³/mol. The molecule has 2 aliphatic rings. The Bertz CT molecular complexity index is 1820. The number of esters is 1. The van der Waals surface area contributed by atoms with Crippen LogP contribution in [0.15, 0.2) is 45.6 Å². The Balaban J connectivity index is 1.53. The molecule has 52 heavy (non-hydrogen) atoms. The van der Waals surface area contributed by atoms with Gasteiger partial charge in [-0.05, 0) is 52.0 Å². The van der Waals surface area contributed by atoms with E-state index in [9.17, 15) is 50.1 Å². The maximum absolute atomic E-state index is 13.9. The molecule has 10 atom stereocenters. The molecule has 2 saturated heterocycles. The summed E-state index contributed by atoms with van der Waals surface area (Å²) < 4.78 is 40.9. The fraction of sp³-hybridized carbons (Fsp3) is 0.514. The van der Waals surface area contributed by atoms with Gasteiger partial charge in [0.05, 0.1) is 11.7 Å². The quantitative estimate of drug-likeness (QED) is 0.135. The highest BCUT2D eigenvalue weighted by atomic mass is 16.7. The number of ether oxygens (including phenoxy) is 6. The highest BCUT2D eigenvalue weighted by Gasteiger charge is 2.52. The Morgan fingerprint density at radius 3 is 2.15 bits per heavy atom. The first-order valence-electron chi connectivity index (χ1n) is 16.3. The first-order valence-corrected chi connectivity index (χ1v) is 16.3. The summed E-state index contributed by atoms with van der Waals surface area (Å²) in [6.07, 6.45) is -15.9. The van der Waals surface area contributed by atoms with Crippen molar-refractivity contribution in [2.24, 2.45) is 0 Å². The van der Waals surface area contributed by atoms with Crippen LogP contribution < -0.4 is 10.2 Å². The summed E-state index contributed by atoms with van der Waals surface area (Å²) in [5, 5.41) is 73.8. The molecule has 284 valence electrons. The SMILES string of the molecule is CC(=O)CC(C)(C)O[C@H]1[C@@H](O)[C@H](Oc2c(-c3ccc(O)cc3)oc3cc(O)cc(O)c3c2=O)O[C@@H](C)[C@@H]1O[C@@H]1O[C@H](COC(C)=O)[C@@H](O)[C@H](O)[C@H]1O. The van der Waals surface area contributed by atoms with Crippen molar-refractivity contribution < 1.29 is 78.2 Å². The number of aromatic hydroxyl groups is 3. The summed E-state index contributed by atoms with van der Waals surface area (Å²) >= 11 is 0. The Morgan fingerprint density at radius 1 is 0.846 bits per heavy atom. The lowest BCUT2D eigenvalue weighted by Crippen LogP contribution is -2.65. The van der Waals surface area contributed by atoms with Gasteiger partial charge in [0.2, 0.25) is 17.5 Å². The first kappa shape index (κ1) is 38.9. The Morgan fingerprint density at radius 2 is 1.52 bits per heavy atom. The zero-order chi connectivity index (χ0) is 38.2. The number of aliphatic hydroxyl groups excluding tert-OH is 4. The van der Waals surface area contributed by atoms with Crippen LogP contribution in [0.4, 0.5) is 0 Å². The number of Topliss-reactive ketones (excluding diaryl/α,β-unsaturated/α-hetero) is 1. The van der Waals surface area contributed by atoms with Crippen molar-refractivity contribution in [2.75, 3.05) is 6.61 Å². The van der Waals surface area contributed by atoms with Gasteiger partial charge in [-0.2, -0.15) is 0 Å². The lowest BCUT2D eigenvalue weighted by Gasteiger charge is -2.48.